The van der Waals surface area contributed by atoms with Crippen LogP contribution in [0.15, 0.2) is 35.6 Å². The second kappa shape index (κ2) is 3.64. The van der Waals surface area contributed by atoms with Gasteiger partial charge < -0.3 is 5.32 Å². The van der Waals surface area contributed by atoms with Crippen molar-refractivity contribution in [2.24, 2.45) is 0 Å². The van der Waals surface area contributed by atoms with E-state index >= 15 is 0 Å². The smallest absolute Gasteiger partial charge is 0.300 e. The van der Waals surface area contributed by atoms with Crippen molar-refractivity contribution >= 4 is 10.0 Å². The summed E-state index contributed by atoms with van der Waals surface area (Å²) in [4.78, 5) is 3.85. The summed E-state index contributed by atoms with van der Waals surface area (Å²) in [5.74, 6) is 0. The Hall–Kier alpha value is -1.73. The quantitative estimate of drug-likeness (QED) is 0.819. The molecule has 88 valence electrons. The van der Waals surface area contributed by atoms with Gasteiger partial charge >= 0.3 is 0 Å². The van der Waals surface area contributed by atoms with Crippen molar-refractivity contribution in [3.05, 3.63) is 41.9 Å². The third-order valence-electron chi connectivity index (χ3n) is 2.61. The molecule has 0 amide bonds. The Balaban J connectivity index is 2.09. The highest BCUT2D eigenvalue weighted by molar-refractivity contribution is 7.89. The lowest BCUT2D eigenvalue weighted by Crippen LogP contribution is -2.16. The molecule has 2 aromatic heterocycles. The highest BCUT2D eigenvalue weighted by Gasteiger charge is 2.23. The summed E-state index contributed by atoms with van der Waals surface area (Å²) in [6, 6.07) is 4.77. The van der Waals surface area contributed by atoms with E-state index < -0.39 is 10.0 Å². The molecule has 0 bridgehead atoms. The first kappa shape index (κ1) is 10.4. The summed E-state index contributed by atoms with van der Waals surface area (Å²) >= 11 is 0. The number of hydrogen-bond donors (Lipinski definition) is 1. The van der Waals surface area contributed by atoms with E-state index in [2.05, 4.69) is 15.4 Å². The molecule has 0 unspecified atom stereocenters. The number of fused-ring (bicyclic) bond motifs is 1. The number of pyridine rings is 1. The van der Waals surface area contributed by atoms with Crippen LogP contribution in [0.2, 0.25) is 0 Å². The summed E-state index contributed by atoms with van der Waals surface area (Å²) < 4.78 is 25.3. The molecule has 0 aliphatic carbocycles. The molecule has 6 nitrogen and oxygen atoms in total. The van der Waals surface area contributed by atoms with Gasteiger partial charge in [-0.05, 0) is 12.1 Å². The molecule has 0 radical (unpaired) electrons. The summed E-state index contributed by atoms with van der Waals surface area (Å²) in [7, 11) is -3.65. The minimum absolute atomic E-state index is 0.00846. The monoisotopic (exact) mass is 250 g/mol. The number of aromatic nitrogens is 3. The number of nitrogens with zero attached hydrogens (tertiary/aromatic N) is 3. The first-order valence-electron chi connectivity index (χ1n) is 5.13. The van der Waals surface area contributed by atoms with Crippen molar-refractivity contribution in [2.75, 3.05) is 0 Å². The molecule has 1 N–H and O–H groups in total. The van der Waals surface area contributed by atoms with Crippen molar-refractivity contribution in [3.63, 3.8) is 0 Å². The number of rotatable bonds is 2. The zero-order valence-electron chi connectivity index (χ0n) is 8.87. The molecular weight excluding hydrogens is 240 g/mol. The van der Waals surface area contributed by atoms with Crippen molar-refractivity contribution in [2.45, 2.75) is 18.1 Å². The SMILES string of the molecule is O=S(=O)(c1ccccn1)n1cc2c(n1)CNC2. The Bertz CT molecular complexity index is 627. The lowest BCUT2D eigenvalue weighted by Gasteiger charge is -2.02. The first-order chi connectivity index (χ1) is 8.18. The Morgan fingerprint density at radius 3 is 2.88 bits per heavy atom. The van der Waals surface area contributed by atoms with E-state index in [0.29, 0.717) is 13.1 Å². The van der Waals surface area contributed by atoms with Gasteiger partial charge in [-0.25, -0.2) is 4.98 Å². The van der Waals surface area contributed by atoms with Crippen LogP contribution in [-0.4, -0.2) is 22.6 Å². The fourth-order valence-electron chi connectivity index (χ4n) is 1.75. The molecule has 17 heavy (non-hydrogen) atoms. The highest BCUT2D eigenvalue weighted by Crippen LogP contribution is 2.16. The van der Waals surface area contributed by atoms with Crippen LogP contribution < -0.4 is 5.32 Å². The van der Waals surface area contributed by atoms with Gasteiger partial charge in [0.2, 0.25) is 0 Å². The second-order valence-corrected chi connectivity index (χ2v) is 5.49. The maximum Gasteiger partial charge on any atom is 0.300 e. The minimum Gasteiger partial charge on any atom is -0.307 e. The lowest BCUT2D eigenvalue weighted by atomic mass is 10.3. The van der Waals surface area contributed by atoms with Crippen molar-refractivity contribution in [3.8, 4) is 0 Å². The van der Waals surface area contributed by atoms with Crippen molar-refractivity contribution in [1.82, 2.24) is 19.5 Å². The molecule has 3 rings (SSSR count). The van der Waals surface area contributed by atoms with Gasteiger partial charge in [0.15, 0.2) is 5.03 Å². The van der Waals surface area contributed by atoms with Crippen molar-refractivity contribution in [1.29, 1.82) is 0 Å². The maximum absolute atomic E-state index is 12.2. The van der Waals surface area contributed by atoms with Crippen LogP contribution in [0.5, 0.6) is 0 Å². The molecule has 0 spiro atoms. The van der Waals surface area contributed by atoms with E-state index in [4.69, 9.17) is 0 Å². The van der Waals surface area contributed by atoms with Gasteiger partial charge in [-0.15, -0.1) is 0 Å². The molecule has 3 heterocycles. The van der Waals surface area contributed by atoms with Crippen LogP contribution in [0, 0.1) is 0 Å². The summed E-state index contributed by atoms with van der Waals surface area (Å²) in [5, 5.41) is 7.17. The van der Waals surface area contributed by atoms with Crippen LogP contribution in [-0.2, 0) is 23.1 Å². The van der Waals surface area contributed by atoms with Gasteiger partial charge in [0, 0.05) is 31.0 Å². The van der Waals surface area contributed by atoms with E-state index in [1.165, 1.54) is 12.3 Å². The van der Waals surface area contributed by atoms with E-state index in [-0.39, 0.29) is 5.03 Å². The Labute approximate surface area is 98.4 Å². The van der Waals surface area contributed by atoms with Crippen LogP contribution in [0.1, 0.15) is 11.3 Å². The number of nitrogens with one attached hydrogen (secondary N) is 1. The zero-order chi connectivity index (χ0) is 11.9. The third-order valence-corrected chi connectivity index (χ3v) is 4.06. The van der Waals surface area contributed by atoms with Gasteiger partial charge in [-0.1, -0.05) is 6.07 Å². The lowest BCUT2D eigenvalue weighted by molar-refractivity contribution is 0.574. The zero-order valence-corrected chi connectivity index (χ0v) is 9.68. The molecule has 0 saturated carbocycles. The average molecular weight is 250 g/mol. The standard InChI is InChI=1S/C10H10N4O2S/c15-17(16,10-3-1-2-4-12-10)14-7-8-5-11-6-9(8)13-14/h1-4,7,11H,5-6H2. The van der Waals surface area contributed by atoms with Gasteiger partial charge in [0.1, 0.15) is 0 Å². The van der Waals surface area contributed by atoms with E-state index in [1.807, 2.05) is 0 Å². The highest BCUT2D eigenvalue weighted by atomic mass is 32.2. The molecular formula is C10H10N4O2S. The van der Waals surface area contributed by atoms with Crippen LogP contribution >= 0.6 is 0 Å². The van der Waals surface area contributed by atoms with Crippen LogP contribution in [0.4, 0.5) is 0 Å². The van der Waals surface area contributed by atoms with E-state index in [9.17, 15) is 8.42 Å². The molecule has 1 aliphatic heterocycles. The van der Waals surface area contributed by atoms with E-state index in [1.54, 1.807) is 18.3 Å². The normalized spacial score (nSPS) is 14.8. The predicted octanol–water partition coefficient (Wildman–Crippen LogP) is 0.118. The molecule has 0 atom stereocenters. The summed E-state index contributed by atoms with van der Waals surface area (Å²) in [6.07, 6.45) is 2.99. The van der Waals surface area contributed by atoms with Gasteiger partial charge in [0.05, 0.1) is 5.69 Å². The Morgan fingerprint density at radius 1 is 1.29 bits per heavy atom. The maximum atomic E-state index is 12.2. The average Bonchev–Trinajstić information content (AvgIpc) is 2.90. The van der Waals surface area contributed by atoms with Crippen LogP contribution in [0.25, 0.3) is 0 Å². The number of hydrogen-bond acceptors (Lipinski definition) is 5. The topological polar surface area (TPSA) is 76.9 Å². The molecule has 1 aliphatic rings. The molecule has 2 aromatic rings. The van der Waals surface area contributed by atoms with E-state index in [0.717, 1.165) is 15.3 Å². The largest absolute Gasteiger partial charge is 0.307 e. The summed E-state index contributed by atoms with van der Waals surface area (Å²) in [6.45, 7) is 1.27. The first-order valence-corrected chi connectivity index (χ1v) is 6.57. The molecule has 0 aromatic carbocycles. The second-order valence-electron chi connectivity index (χ2n) is 3.75. The van der Waals surface area contributed by atoms with Crippen LogP contribution in [0.3, 0.4) is 0 Å². The van der Waals surface area contributed by atoms with Gasteiger partial charge in [-0.2, -0.15) is 17.6 Å². The third kappa shape index (κ3) is 1.63. The predicted molar refractivity (Wildman–Crippen MR) is 59.6 cm³/mol. The van der Waals surface area contributed by atoms with Crippen molar-refractivity contribution < 1.29 is 8.42 Å². The Morgan fingerprint density at radius 2 is 2.18 bits per heavy atom. The Kier molecular flexibility index (Phi) is 2.23. The van der Waals surface area contributed by atoms with Gasteiger partial charge in [-0.3, -0.25) is 0 Å². The molecule has 0 fully saturated rings. The fraction of sp³-hybridized carbons (Fsp3) is 0.200. The fourth-order valence-corrected chi connectivity index (χ4v) is 2.86. The molecule has 7 heteroatoms. The van der Waals surface area contributed by atoms with Gasteiger partial charge in [0.25, 0.3) is 10.0 Å². The summed E-state index contributed by atoms with van der Waals surface area (Å²) in [5.41, 5.74) is 1.70. The molecule has 0 saturated heterocycles. The minimum atomic E-state index is -3.65.